The minimum absolute atomic E-state index is 0.410. The van der Waals surface area contributed by atoms with E-state index in [1.165, 1.54) is 4.91 Å². The van der Waals surface area contributed by atoms with Gasteiger partial charge in [0, 0.05) is 4.91 Å². The first kappa shape index (κ1) is 7.50. The van der Waals surface area contributed by atoms with E-state index in [0.717, 1.165) is 0 Å². The van der Waals surface area contributed by atoms with Crippen LogP contribution in [-0.2, 0) is 0 Å². The number of nitrogens with zero attached hydrogens (tertiary/aromatic N) is 1. The van der Waals surface area contributed by atoms with Gasteiger partial charge < -0.3 is 0 Å². The number of rotatable bonds is 1. The van der Waals surface area contributed by atoms with Gasteiger partial charge in [-0.25, -0.2) is 0 Å². The van der Waals surface area contributed by atoms with Gasteiger partial charge in [-0.15, -0.1) is 23.5 Å². The zero-order valence-corrected chi connectivity index (χ0v) is 7.86. The van der Waals surface area contributed by atoms with Crippen molar-refractivity contribution in [3.63, 3.8) is 0 Å². The quantitative estimate of drug-likeness (QED) is 0.618. The van der Waals surface area contributed by atoms with E-state index in [0.29, 0.717) is 11.3 Å². The van der Waals surface area contributed by atoms with Crippen molar-refractivity contribution in [2.24, 2.45) is 4.99 Å². The average Bonchev–Trinajstić information content (AvgIpc) is 2.50. The van der Waals surface area contributed by atoms with Gasteiger partial charge in [0.05, 0.1) is 16.8 Å². The molecule has 0 N–H and O–H groups in total. The largest absolute Gasteiger partial charge is 0.277 e. The molecular formula is C8H9NS2. The number of allylic oxidation sites excluding steroid dienone is 2. The third-order valence-corrected chi connectivity index (χ3v) is 3.92. The van der Waals surface area contributed by atoms with Gasteiger partial charge in [-0.1, -0.05) is 18.2 Å². The molecule has 0 amide bonds. The van der Waals surface area contributed by atoms with Crippen LogP contribution in [0.1, 0.15) is 0 Å². The summed E-state index contributed by atoms with van der Waals surface area (Å²) in [6, 6.07) is 0.410. The van der Waals surface area contributed by atoms with Gasteiger partial charge in [-0.2, -0.15) is 0 Å². The highest BCUT2D eigenvalue weighted by atomic mass is 32.2. The summed E-state index contributed by atoms with van der Waals surface area (Å²) in [6.45, 7) is 0. The van der Waals surface area contributed by atoms with Crippen molar-refractivity contribution in [1.29, 1.82) is 0 Å². The number of thioether (sulfide) groups is 2. The Balaban J connectivity index is 2.23. The molecule has 2 unspecified atom stereocenters. The molecule has 0 saturated heterocycles. The van der Waals surface area contributed by atoms with Gasteiger partial charge in [0.15, 0.2) is 0 Å². The lowest BCUT2D eigenvalue weighted by atomic mass is 10.1. The maximum Gasteiger partial charge on any atom is 0.0857 e. The summed E-state index contributed by atoms with van der Waals surface area (Å²) in [5.74, 6) is 0. The first-order chi connectivity index (χ1) is 5.42. The Morgan fingerprint density at radius 1 is 1.64 bits per heavy atom. The molecule has 0 spiro atoms. The lowest BCUT2D eigenvalue weighted by Crippen LogP contribution is -2.18. The van der Waals surface area contributed by atoms with Gasteiger partial charge >= 0.3 is 0 Å². The first-order valence-corrected chi connectivity index (χ1v) is 5.68. The molecule has 2 atom stereocenters. The molecule has 0 saturated carbocycles. The highest BCUT2D eigenvalue weighted by Crippen LogP contribution is 2.36. The molecule has 1 aliphatic carbocycles. The van der Waals surface area contributed by atoms with E-state index in [1.807, 2.05) is 29.1 Å². The zero-order valence-electron chi connectivity index (χ0n) is 6.23. The summed E-state index contributed by atoms with van der Waals surface area (Å²) in [5.41, 5.74) is 1.97. The van der Waals surface area contributed by atoms with E-state index in [9.17, 15) is 0 Å². The molecule has 2 aliphatic rings. The van der Waals surface area contributed by atoms with Crippen LogP contribution in [0.4, 0.5) is 0 Å². The minimum atomic E-state index is 0.410. The standard InChI is InChI=1S/C8H9NS2/c1-10-7-4-2-3-6-8(7)11-5-9-6/h2-6,8H,1H3. The molecule has 0 bridgehead atoms. The van der Waals surface area contributed by atoms with Crippen molar-refractivity contribution in [1.82, 2.24) is 0 Å². The minimum Gasteiger partial charge on any atom is -0.277 e. The second kappa shape index (κ2) is 3.07. The topological polar surface area (TPSA) is 12.4 Å². The normalized spacial score (nSPS) is 33.7. The smallest absolute Gasteiger partial charge is 0.0857 e. The Morgan fingerprint density at radius 3 is 3.36 bits per heavy atom. The lowest BCUT2D eigenvalue weighted by molar-refractivity contribution is 0.856. The monoisotopic (exact) mass is 183 g/mol. The summed E-state index contributed by atoms with van der Waals surface area (Å²) >= 11 is 3.66. The maximum atomic E-state index is 4.35. The van der Waals surface area contributed by atoms with Gasteiger partial charge in [0.1, 0.15) is 0 Å². The Bertz CT molecular complexity index is 242. The van der Waals surface area contributed by atoms with Crippen LogP contribution in [0.2, 0.25) is 0 Å². The highest BCUT2D eigenvalue weighted by molar-refractivity contribution is 8.14. The molecule has 0 aromatic carbocycles. The van der Waals surface area contributed by atoms with Crippen LogP contribution in [0.5, 0.6) is 0 Å². The zero-order chi connectivity index (χ0) is 7.68. The summed E-state index contributed by atoms with van der Waals surface area (Å²) in [6.07, 6.45) is 8.59. The molecule has 1 aliphatic heterocycles. The molecule has 2 rings (SSSR count). The number of aliphatic imine (C=N–C) groups is 1. The molecule has 1 heterocycles. The van der Waals surface area contributed by atoms with Crippen LogP contribution in [0.3, 0.4) is 0 Å². The van der Waals surface area contributed by atoms with Crippen LogP contribution >= 0.6 is 23.5 Å². The molecule has 0 aromatic heterocycles. The third kappa shape index (κ3) is 1.27. The van der Waals surface area contributed by atoms with E-state index < -0.39 is 0 Å². The van der Waals surface area contributed by atoms with Gasteiger partial charge in [-0.05, 0) is 6.26 Å². The highest BCUT2D eigenvalue weighted by Gasteiger charge is 2.27. The lowest BCUT2D eigenvalue weighted by Gasteiger charge is -2.18. The first-order valence-electron chi connectivity index (χ1n) is 3.51. The van der Waals surface area contributed by atoms with Crippen LogP contribution in [-0.4, -0.2) is 23.1 Å². The SMILES string of the molecule is CSC1=CC=CC2N=CSC12. The van der Waals surface area contributed by atoms with Crippen molar-refractivity contribution in [3.8, 4) is 0 Å². The van der Waals surface area contributed by atoms with E-state index in [4.69, 9.17) is 0 Å². The third-order valence-electron chi connectivity index (χ3n) is 1.84. The Morgan fingerprint density at radius 2 is 2.55 bits per heavy atom. The number of fused-ring (bicyclic) bond motifs is 1. The summed E-state index contributed by atoms with van der Waals surface area (Å²) < 4.78 is 0. The molecule has 1 nitrogen and oxygen atoms in total. The Kier molecular flexibility index (Phi) is 2.09. The number of hydrogen-bond donors (Lipinski definition) is 0. The maximum absolute atomic E-state index is 4.35. The van der Waals surface area contributed by atoms with Crippen molar-refractivity contribution >= 4 is 29.1 Å². The Labute approximate surface area is 75.0 Å². The molecule has 58 valence electrons. The molecule has 3 heteroatoms. The summed E-state index contributed by atoms with van der Waals surface area (Å²) in [4.78, 5) is 5.80. The molecular weight excluding hydrogens is 174 g/mol. The molecule has 0 aromatic rings. The average molecular weight is 183 g/mol. The van der Waals surface area contributed by atoms with Crippen LogP contribution in [0.15, 0.2) is 28.1 Å². The van der Waals surface area contributed by atoms with E-state index >= 15 is 0 Å². The summed E-state index contributed by atoms with van der Waals surface area (Å²) in [5, 5.41) is 0.579. The van der Waals surface area contributed by atoms with E-state index in [-0.39, 0.29) is 0 Å². The van der Waals surface area contributed by atoms with Gasteiger partial charge in [0.2, 0.25) is 0 Å². The molecule has 11 heavy (non-hydrogen) atoms. The van der Waals surface area contributed by atoms with Crippen molar-refractivity contribution < 1.29 is 0 Å². The van der Waals surface area contributed by atoms with E-state index in [1.54, 1.807) is 0 Å². The fourth-order valence-electron chi connectivity index (χ4n) is 1.26. The number of hydrogen-bond acceptors (Lipinski definition) is 3. The predicted molar refractivity (Wildman–Crippen MR) is 54.4 cm³/mol. The van der Waals surface area contributed by atoms with Crippen LogP contribution in [0, 0.1) is 0 Å². The van der Waals surface area contributed by atoms with Crippen molar-refractivity contribution in [3.05, 3.63) is 23.1 Å². The van der Waals surface area contributed by atoms with Crippen LogP contribution in [0.25, 0.3) is 0 Å². The second-order valence-corrected chi connectivity index (χ2v) is 4.33. The van der Waals surface area contributed by atoms with Crippen LogP contribution < -0.4 is 0 Å². The fourth-order valence-corrected chi connectivity index (χ4v) is 3.18. The van der Waals surface area contributed by atoms with Crippen molar-refractivity contribution in [2.75, 3.05) is 6.26 Å². The second-order valence-electron chi connectivity index (χ2n) is 2.46. The van der Waals surface area contributed by atoms with Crippen molar-refractivity contribution in [2.45, 2.75) is 11.3 Å². The summed E-state index contributed by atoms with van der Waals surface area (Å²) in [7, 11) is 0. The Hall–Kier alpha value is -0.150. The predicted octanol–water partition coefficient (Wildman–Crippen LogP) is 2.32. The van der Waals surface area contributed by atoms with E-state index in [2.05, 4.69) is 29.5 Å². The molecule has 0 fully saturated rings. The van der Waals surface area contributed by atoms with Gasteiger partial charge in [0.25, 0.3) is 0 Å². The van der Waals surface area contributed by atoms with Gasteiger partial charge in [-0.3, -0.25) is 4.99 Å². The molecule has 0 radical (unpaired) electrons. The fraction of sp³-hybridized carbons (Fsp3) is 0.375.